The highest BCUT2D eigenvalue weighted by molar-refractivity contribution is 8.02. The number of pyridine rings is 1. The fourth-order valence-corrected chi connectivity index (χ4v) is 10.2. The molecule has 6 aromatic carbocycles. The standard InChI is InChI=1S/C54H41N3S/c1-3-46-51(4-2)58-32-13-6-5-12-30-54(46)47-28-26-39(42-24-15-21-37-22-16-31-55-52(37)42)33-44(47)45-34-40(27-29-48(45)54)49-35-50(57-53(56-49)38-18-8-7-9-19-38)43-25-14-20-36-17-10-11-23-41(36)43/h3-4,7-35,46,51H,1-2,5-6H2/b30-12+,32-13+. The average Bonchev–Trinajstić information content (AvgIpc) is 3.56. The molecule has 10 rings (SSSR count). The first-order chi connectivity index (χ1) is 28.7. The second-order valence-electron chi connectivity index (χ2n) is 15.1. The molecule has 0 saturated carbocycles. The molecule has 1 aliphatic carbocycles. The predicted octanol–water partition coefficient (Wildman–Crippen LogP) is 14.1. The van der Waals surface area contributed by atoms with Crippen LogP contribution in [0.5, 0.6) is 0 Å². The molecule has 3 heterocycles. The van der Waals surface area contributed by atoms with E-state index in [2.05, 4.69) is 170 Å². The van der Waals surface area contributed by atoms with Gasteiger partial charge in [0.25, 0.3) is 0 Å². The van der Waals surface area contributed by atoms with E-state index in [-0.39, 0.29) is 11.2 Å². The summed E-state index contributed by atoms with van der Waals surface area (Å²) in [5.74, 6) is 0.733. The van der Waals surface area contributed by atoms with Crippen LogP contribution in [-0.2, 0) is 5.41 Å². The van der Waals surface area contributed by atoms with E-state index in [9.17, 15) is 0 Å². The van der Waals surface area contributed by atoms with Crippen molar-refractivity contribution in [3.8, 4) is 56.2 Å². The van der Waals surface area contributed by atoms with E-state index >= 15 is 0 Å². The topological polar surface area (TPSA) is 38.7 Å². The summed E-state index contributed by atoms with van der Waals surface area (Å²) in [4.78, 5) is 15.4. The van der Waals surface area contributed by atoms with Crippen LogP contribution < -0.4 is 0 Å². The Morgan fingerprint density at radius 3 is 2.09 bits per heavy atom. The molecule has 0 saturated heterocycles. The maximum atomic E-state index is 5.30. The fraction of sp³-hybridized carbons (Fsp3) is 0.0926. The minimum Gasteiger partial charge on any atom is -0.256 e. The number of aromatic nitrogens is 3. The molecule has 2 aromatic heterocycles. The van der Waals surface area contributed by atoms with Crippen molar-refractivity contribution in [2.24, 2.45) is 5.92 Å². The summed E-state index contributed by atoms with van der Waals surface area (Å²) in [6.07, 6.45) is 15.2. The first-order valence-corrected chi connectivity index (χ1v) is 20.9. The number of allylic oxidation sites excluding steroid dienone is 4. The van der Waals surface area contributed by atoms with Crippen molar-refractivity contribution < 1.29 is 0 Å². The lowest BCUT2D eigenvalue weighted by Crippen LogP contribution is -2.37. The van der Waals surface area contributed by atoms with Crippen LogP contribution in [0.1, 0.15) is 24.0 Å². The molecule has 0 fully saturated rings. The summed E-state index contributed by atoms with van der Waals surface area (Å²) in [6, 6.07) is 52.0. The maximum absolute atomic E-state index is 5.30. The SMILES string of the molecule is C=CC1S/C=C/CC/C=C/C2(c3ccc(-c4cc(-c5cccc6ccccc56)nc(-c5ccccc5)n4)cc3-c3cc(-c4cccc5cccnc45)ccc32)C1C=C. The third-order valence-corrected chi connectivity index (χ3v) is 13.0. The van der Waals surface area contributed by atoms with E-state index in [0.29, 0.717) is 5.82 Å². The molecule has 0 amide bonds. The Hall–Kier alpha value is -6.62. The van der Waals surface area contributed by atoms with Crippen LogP contribution >= 0.6 is 11.8 Å². The number of para-hydroxylation sites is 1. The lowest BCUT2D eigenvalue weighted by atomic mass is 9.66. The summed E-state index contributed by atoms with van der Waals surface area (Å²) in [7, 11) is 0. The molecule has 4 heteroatoms. The van der Waals surface area contributed by atoms with Crippen LogP contribution in [0.3, 0.4) is 0 Å². The lowest BCUT2D eigenvalue weighted by Gasteiger charge is -2.39. The molecule has 3 nitrogen and oxygen atoms in total. The van der Waals surface area contributed by atoms with Crippen LogP contribution in [0.25, 0.3) is 77.8 Å². The molecular weight excluding hydrogens is 723 g/mol. The molecular formula is C54H41N3S. The van der Waals surface area contributed by atoms with Crippen LogP contribution in [0.4, 0.5) is 0 Å². The molecule has 0 N–H and O–H groups in total. The summed E-state index contributed by atoms with van der Waals surface area (Å²) in [6.45, 7) is 8.84. The fourth-order valence-electron chi connectivity index (χ4n) is 9.15. The predicted molar refractivity (Wildman–Crippen MR) is 246 cm³/mol. The van der Waals surface area contributed by atoms with Gasteiger partial charge in [-0.2, -0.15) is 0 Å². The van der Waals surface area contributed by atoms with E-state index in [4.69, 9.17) is 15.0 Å². The number of benzene rings is 6. The van der Waals surface area contributed by atoms with Gasteiger partial charge in [0, 0.05) is 50.4 Å². The van der Waals surface area contributed by atoms with Gasteiger partial charge in [0.05, 0.1) is 16.9 Å². The number of hydrogen-bond acceptors (Lipinski definition) is 4. The van der Waals surface area contributed by atoms with Crippen molar-refractivity contribution in [2.75, 3.05) is 0 Å². The van der Waals surface area contributed by atoms with Crippen molar-refractivity contribution in [3.05, 3.63) is 212 Å². The molecule has 58 heavy (non-hydrogen) atoms. The van der Waals surface area contributed by atoms with E-state index in [1.165, 1.54) is 27.6 Å². The van der Waals surface area contributed by atoms with Crippen molar-refractivity contribution in [2.45, 2.75) is 23.5 Å². The number of thioether (sulfide) groups is 1. The second kappa shape index (κ2) is 15.0. The third-order valence-electron chi connectivity index (χ3n) is 11.9. The van der Waals surface area contributed by atoms with Crippen molar-refractivity contribution >= 4 is 33.4 Å². The van der Waals surface area contributed by atoms with Gasteiger partial charge in [-0.15, -0.1) is 24.9 Å². The second-order valence-corrected chi connectivity index (χ2v) is 16.2. The highest BCUT2D eigenvalue weighted by Crippen LogP contribution is 2.58. The third kappa shape index (κ3) is 6.04. The zero-order valence-corrected chi connectivity index (χ0v) is 32.9. The minimum atomic E-state index is -0.466. The summed E-state index contributed by atoms with van der Waals surface area (Å²) < 4.78 is 0. The van der Waals surface area contributed by atoms with Crippen molar-refractivity contribution in [1.82, 2.24) is 15.0 Å². The van der Waals surface area contributed by atoms with Crippen LogP contribution in [0, 0.1) is 5.92 Å². The average molecular weight is 764 g/mol. The van der Waals surface area contributed by atoms with Crippen LogP contribution in [0.15, 0.2) is 201 Å². The van der Waals surface area contributed by atoms with E-state index in [1.54, 1.807) is 0 Å². The largest absolute Gasteiger partial charge is 0.256 e. The zero-order valence-electron chi connectivity index (χ0n) is 32.1. The molecule has 3 unspecified atom stereocenters. The number of hydrogen-bond donors (Lipinski definition) is 0. The molecule has 2 aliphatic rings. The highest BCUT2D eigenvalue weighted by atomic mass is 32.2. The molecule has 0 bridgehead atoms. The van der Waals surface area contributed by atoms with Gasteiger partial charge in [-0.1, -0.05) is 152 Å². The lowest BCUT2D eigenvalue weighted by molar-refractivity contribution is 0.484. The molecule has 3 atom stereocenters. The van der Waals surface area contributed by atoms with Gasteiger partial charge in [-0.25, -0.2) is 9.97 Å². The molecule has 278 valence electrons. The summed E-state index contributed by atoms with van der Waals surface area (Å²) in [5.41, 5.74) is 12.6. The smallest absolute Gasteiger partial charge is 0.160 e. The van der Waals surface area contributed by atoms with Gasteiger partial charge in [-0.3, -0.25) is 4.98 Å². The van der Waals surface area contributed by atoms with Crippen molar-refractivity contribution in [3.63, 3.8) is 0 Å². The quantitative estimate of drug-likeness (QED) is 0.158. The highest BCUT2D eigenvalue weighted by Gasteiger charge is 2.48. The minimum absolute atomic E-state index is 0.0339. The monoisotopic (exact) mass is 763 g/mol. The van der Waals surface area contributed by atoms with E-state index in [0.717, 1.165) is 68.3 Å². The van der Waals surface area contributed by atoms with Gasteiger partial charge < -0.3 is 0 Å². The van der Waals surface area contributed by atoms with Gasteiger partial charge in [0.2, 0.25) is 0 Å². The summed E-state index contributed by atoms with van der Waals surface area (Å²) in [5, 5.41) is 5.83. The molecule has 0 radical (unpaired) electrons. The van der Waals surface area contributed by atoms with E-state index < -0.39 is 5.41 Å². The number of rotatable bonds is 6. The molecule has 8 aromatic rings. The first-order valence-electron chi connectivity index (χ1n) is 20.0. The van der Waals surface area contributed by atoms with Crippen LogP contribution in [0.2, 0.25) is 0 Å². The van der Waals surface area contributed by atoms with Gasteiger partial charge in [0.1, 0.15) is 0 Å². The Bertz CT molecular complexity index is 2930. The van der Waals surface area contributed by atoms with E-state index in [1.807, 2.05) is 42.2 Å². The van der Waals surface area contributed by atoms with Crippen LogP contribution in [-0.4, -0.2) is 20.2 Å². The summed E-state index contributed by atoms with van der Waals surface area (Å²) >= 11 is 1.83. The molecule has 1 spiro atoms. The van der Waals surface area contributed by atoms with Gasteiger partial charge in [0.15, 0.2) is 5.82 Å². The Kier molecular flexibility index (Phi) is 9.27. The van der Waals surface area contributed by atoms with Crippen molar-refractivity contribution in [1.29, 1.82) is 0 Å². The van der Waals surface area contributed by atoms with Gasteiger partial charge in [-0.05, 0) is 81.1 Å². The Morgan fingerprint density at radius 1 is 0.569 bits per heavy atom. The van der Waals surface area contributed by atoms with Gasteiger partial charge >= 0.3 is 0 Å². The first kappa shape index (κ1) is 35.8. The normalized spacial score (nSPS) is 19.7. The zero-order chi connectivity index (χ0) is 39.1. The number of nitrogens with zero attached hydrogens (tertiary/aromatic N) is 3. The Morgan fingerprint density at radius 2 is 1.26 bits per heavy atom. The number of fused-ring (bicyclic) bond motifs is 7. The Labute approximate surface area is 344 Å². The maximum Gasteiger partial charge on any atom is 0.160 e. The molecule has 1 aliphatic heterocycles. The Balaban J connectivity index is 1.22.